The Morgan fingerprint density at radius 2 is 2.00 bits per heavy atom. The highest BCUT2D eigenvalue weighted by Crippen LogP contribution is 2.55. The number of ether oxygens (including phenoxy) is 1. The van der Waals surface area contributed by atoms with E-state index in [1.165, 1.54) is 19.3 Å². The lowest BCUT2D eigenvalue weighted by atomic mass is 9.92. The number of rotatable bonds is 10. The number of allylic oxidation sites excluding steroid dienone is 1. The van der Waals surface area contributed by atoms with E-state index in [4.69, 9.17) is 9.16 Å². The predicted molar refractivity (Wildman–Crippen MR) is 84.7 cm³/mol. The molecule has 1 aliphatic carbocycles. The highest BCUT2D eigenvalue weighted by atomic mass is 28.4. The summed E-state index contributed by atoms with van der Waals surface area (Å²) in [6.07, 6.45) is 7.98. The van der Waals surface area contributed by atoms with Crippen molar-refractivity contribution in [2.24, 2.45) is 11.8 Å². The van der Waals surface area contributed by atoms with Crippen LogP contribution < -0.4 is 0 Å². The lowest BCUT2D eigenvalue weighted by Gasteiger charge is -2.29. The Morgan fingerprint density at radius 1 is 1.32 bits per heavy atom. The molecule has 1 aliphatic rings. The fraction of sp³-hybridized carbons (Fsp3) is 0.875. The molecular weight excluding hydrogens is 252 g/mol. The fourth-order valence-electron chi connectivity index (χ4n) is 3.10. The van der Waals surface area contributed by atoms with Crippen LogP contribution in [0.5, 0.6) is 0 Å². The van der Waals surface area contributed by atoms with Gasteiger partial charge >= 0.3 is 0 Å². The van der Waals surface area contributed by atoms with Crippen molar-refractivity contribution in [3.05, 3.63) is 12.7 Å². The topological polar surface area (TPSA) is 18.5 Å². The first kappa shape index (κ1) is 16.9. The molecule has 0 saturated heterocycles. The standard InChI is InChI=1S/C16H32O2Si/c1-7-10-12-14(11-8-2)15-13-16(15,17-9-3)18-19(4,5)6/h7,14-15H,1,8-13H2,2-6H3. The van der Waals surface area contributed by atoms with Crippen LogP contribution in [-0.2, 0) is 9.16 Å². The average Bonchev–Trinajstić information content (AvgIpc) is 2.96. The van der Waals surface area contributed by atoms with Crippen LogP contribution in [0.15, 0.2) is 12.7 Å². The van der Waals surface area contributed by atoms with E-state index in [0.29, 0.717) is 5.92 Å². The normalized spacial score (nSPS) is 28.2. The molecule has 0 aromatic heterocycles. The second kappa shape index (κ2) is 7.05. The maximum Gasteiger partial charge on any atom is 0.187 e. The maximum absolute atomic E-state index is 6.39. The molecular formula is C16H32O2Si. The summed E-state index contributed by atoms with van der Waals surface area (Å²) in [4.78, 5) is 0. The van der Waals surface area contributed by atoms with Gasteiger partial charge in [0.25, 0.3) is 0 Å². The second-order valence-corrected chi connectivity index (χ2v) is 11.1. The van der Waals surface area contributed by atoms with Crippen molar-refractivity contribution in [1.82, 2.24) is 0 Å². The van der Waals surface area contributed by atoms with Crippen molar-refractivity contribution >= 4 is 8.32 Å². The third kappa shape index (κ3) is 5.05. The van der Waals surface area contributed by atoms with Crippen molar-refractivity contribution in [1.29, 1.82) is 0 Å². The molecule has 0 spiro atoms. The molecule has 1 fully saturated rings. The van der Waals surface area contributed by atoms with Gasteiger partial charge in [-0.25, -0.2) is 0 Å². The molecule has 112 valence electrons. The smallest absolute Gasteiger partial charge is 0.187 e. The Balaban J connectivity index is 2.67. The van der Waals surface area contributed by atoms with Gasteiger partial charge in [0.1, 0.15) is 0 Å². The van der Waals surface area contributed by atoms with Gasteiger partial charge in [0.15, 0.2) is 14.1 Å². The third-order valence-electron chi connectivity index (χ3n) is 3.75. The summed E-state index contributed by atoms with van der Waals surface area (Å²) in [7, 11) is -1.55. The summed E-state index contributed by atoms with van der Waals surface area (Å²) in [5.41, 5.74) is 0. The molecule has 3 unspecified atom stereocenters. The summed E-state index contributed by atoms with van der Waals surface area (Å²) in [6.45, 7) is 15.7. The van der Waals surface area contributed by atoms with Crippen LogP contribution in [0.4, 0.5) is 0 Å². The van der Waals surface area contributed by atoms with Crippen LogP contribution in [0, 0.1) is 11.8 Å². The van der Waals surface area contributed by atoms with Gasteiger partial charge in [-0.2, -0.15) is 0 Å². The lowest BCUT2D eigenvalue weighted by molar-refractivity contribution is -0.124. The largest absolute Gasteiger partial charge is 0.391 e. The van der Waals surface area contributed by atoms with E-state index in [0.717, 1.165) is 25.4 Å². The maximum atomic E-state index is 6.39. The van der Waals surface area contributed by atoms with Gasteiger partial charge in [-0.1, -0.05) is 25.8 Å². The predicted octanol–water partition coefficient (Wildman–Crippen LogP) is 4.97. The molecule has 2 nitrogen and oxygen atoms in total. The van der Waals surface area contributed by atoms with E-state index in [2.05, 4.69) is 40.1 Å². The van der Waals surface area contributed by atoms with Crippen LogP contribution >= 0.6 is 0 Å². The van der Waals surface area contributed by atoms with Crippen LogP contribution in [-0.4, -0.2) is 20.7 Å². The summed E-state index contributed by atoms with van der Waals surface area (Å²) < 4.78 is 12.4. The number of hydrogen-bond donors (Lipinski definition) is 0. The van der Waals surface area contributed by atoms with Crippen LogP contribution in [0.3, 0.4) is 0 Å². The molecule has 1 rings (SSSR count). The minimum Gasteiger partial charge on any atom is -0.391 e. The minimum absolute atomic E-state index is 0.250. The Bertz CT molecular complexity index is 285. The van der Waals surface area contributed by atoms with Gasteiger partial charge in [0.2, 0.25) is 0 Å². The van der Waals surface area contributed by atoms with E-state index < -0.39 is 8.32 Å². The Morgan fingerprint density at radius 3 is 2.47 bits per heavy atom. The monoisotopic (exact) mass is 284 g/mol. The zero-order valence-electron chi connectivity index (χ0n) is 13.5. The summed E-state index contributed by atoms with van der Waals surface area (Å²) in [6, 6.07) is 0. The SMILES string of the molecule is C=CCCC(CCC)C1CC1(OCC)O[Si](C)(C)C. The zero-order chi connectivity index (χ0) is 14.5. The van der Waals surface area contributed by atoms with Gasteiger partial charge in [0, 0.05) is 18.9 Å². The zero-order valence-corrected chi connectivity index (χ0v) is 14.5. The van der Waals surface area contributed by atoms with E-state index in [9.17, 15) is 0 Å². The van der Waals surface area contributed by atoms with Crippen molar-refractivity contribution in [2.45, 2.75) is 71.4 Å². The summed E-state index contributed by atoms with van der Waals surface area (Å²) >= 11 is 0. The molecule has 19 heavy (non-hydrogen) atoms. The first-order valence-electron chi connectivity index (χ1n) is 7.83. The first-order chi connectivity index (χ1) is 8.88. The minimum atomic E-state index is -1.55. The van der Waals surface area contributed by atoms with Crippen molar-refractivity contribution in [3.8, 4) is 0 Å². The molecule has 1 saturated carbocycles. The molecule has 0 radical (unpaired) electrons. The third-order valence-corrected chi connectivity index (χ3v) is 4.70. The van der Waals surface area contributed by atoms with Gasteiger partial charge in [-0.15, -0.1) is 6.58 Å². The molecule has 0 aromatic rings. The highest BCUT2D eigenvalue weighted by molar-refractivity contribution is 6.69. The van der Waals surface area contributed by atoms with E-state index in [1.54, 1.807) is 0 Å². The van der Waals surface area contributed by atoms with Gasteiger partial charge in [-0.3, -0.25) is 0 Å². The van der Waals surface area contributed by atoms with Crippen molar-refractivity contribution in [2.75, 3.05) is 6.61 Å². The molecule has 0 amide bonds. The average molecular weight is 285 g/mol. The molecule has 0 aromatic carbocycles. The molecule has 0 N–H and O–H groups in total. The van der Waals surface area contributed by atoms with Gasteiger partial charge in [-0.05, 0) is 45.3 Å². The van der Waals surface area contributed by atoms with Crippen LogP contribution in [0.1, 0.15) is 46.0 Å². The van der Waals surface area contributed by atoms with E-state index >= 15 is 0 Å². The molecule has 3 atom stereocenters. The highest BCUT2D eigenvalue weighted by Gasteiger charge is 2.60. The van der Waals surface area contributed by atoms with E-state index in [1.807, 2.05) is 6.08 Å². The molecule has 3 heteroatoms. The second-order valence-electron chi connectivity index (χ2n) is 6.68. The fourth-order valence-corrected chi connectivity index (χ4v) is 4.43. The quantitative estimate of drug-likeness (QED) is 0.320. The lowest BCUT2D eigenvalue weighted by Crippen LogP contribution is -2.37. The Labute approximate surface area is 120 Å². The van der Waals surface area contributed by atoms with Gasteiger partial charge in [0.05, 0.1) is 0 Å². The van der Waals surface area contributed by atoms with Crippen molar-refractivity contribution < 1.29 is 9.16 Å². The number of hydrogen-bond acceptors (Lipinski definition) is 2. The van der Waals surface area contributed by atoms with Crippen molar-refractivity contribution in [3.63, 3.8) is 0 Å². The molecule has 0 heterocycles. The molecule has 0 bridgehead atoms. The Hall–Kier alpha value is -0.123. The van der Waals surface area contributed by atoms with E-state index in [-0.39, 0.29) is 5.79 Å². The Kier molecular flexibility index (Phi) is 6.28. The summed E-state index contributed by atoms with van der Waals surface area (Å²) in [5.74, 6) is 1.07. The van der Waals surface area contributed by atoms with Crippen LogP contribution in [0.25, 0.3) is 0 Å². The van der Waals surface area contributed by atoms with Gasteiger partial charge < -0.3 is 9.16 Å². The molecule has 0 aliphatic heterocycles. The summed E-state index contributed by atoms with van der Waals surface area (Å²) in [5, 5.41) is 0. The first-order valence-corrected chi connectivity index (χ1v) is 11.2. The van der Waals surface area contributed by atoms with Crippen LogP contribution in [0.2, 0.25) is 19.6 Å².